The molecular weight excluding hydrogens is 254 g/mol. The molecule has 0 aliphatic rings. The number of rotatable bonds is 2. The lowest BCUT2D eigenvalue weighted by Gasteiger charge is -2.08. The molecule has 98 valence electrons. The summed E-state index contributed by atoms with van der Waals surface area (Å²) in [7, 11) is -3.40. The maximum atomic E-state index is 11.7. The summed E-state index contributed by atoms with van der Waals surface area (Å²) in [6, 6.07) is 2.92. The van der Waals surface area contributed by atoms with Crippen LogP contribution in [0.15, 0.2) is 22.0 Å². The van der Waals surface area contributed by atoms with Gasteiger partial charge in [0, 0.05) is 11.8 Å². The van der Waals surface area contributed by atoms with Crippen LogP contribution in [0, 0.1) is 13.8 Å². The predicted molar refractivity (Wildman–Crippen MR) is 69.2 cm³/mol. The highest BCUT2D eigenvalue weighted by molar-refractivity contribution is 7.90. The van der Waals surface area contributed by atoms with Gasteiger partial charge >= 0.3 is 0 Å². The Kier molecular flexibility index (Phi) is 3.76. The van der Waals surface area contributed by atoms with Crippen molar-refractivity contribution in [2.75, 3.05) is 6.26 Å². The first kappa shape index (κ1) is 14.2. The maximum absolute atomic E-state index is 11.7. The number of hydrogen-bond acceptors (Lipinski definition) is 3. The molecule has 18 heavy (non-hydrogen) atoms. The molecule has 0 aliphatic carbocycles. The fourth-order valence-corrected chi connectivity index (χ4v) is 2.62. The van der Waals surface area contributed by atoms with E-state index in [4.69, 9.17) is 11.5 Å². The van der Waals surface area contributed by atoms with Gasteiger partial charge in [-0.2, -0.15) is 4.99 Å². The number of nitrogens with two attached hydrogens (primary N) is 2. The second-order valence-corrected chi connectivity index (χ2v) is 6.03. The van der Waals surface area contributed by atoms with Crippen molar-refractivity contribution in [1.82, 2.24) is 0 Å². The van der Waals surface area contributed by atoms with Crippen LogP contribution in [-0.4, -0.2) is 26.5 Å². The van der Waals surface area contributed by atoms with Gasteiger partial charge in [0.05, 0.1) is 4.90 Å². The minimum absolute atomic E-state index is 0.0993. The Morgan fingerprint density at radius 1 is 1.17 bits per heavy atom. The van der Waals surface area contributed by atoms with E-state index >= 15 is 0 Å². The van der Waals surface area contributed by atoms with Crippen molar-refractivity contribution in [2.24, 2.45) is 16.5 Å². The van der Waals surface area contributed by atoms with E-state index < -0.39 is 15.7 Å². The van der Waals surface area contributed by atoms with Crippen molar-refractivity contribution in [2.45, 2.75) is 18.7 Å². The molecule has 1 amide bonds. The smallest absolute Gasteiger partial charge is 0.280 e. The highest BCUT2D eigenvalue weighted by atomic mass is 32.2. The third kappa shape index (κ3) is 3.07. The molecule has 0 fully saturated rings. The van der Waals surface area contributed by atoms with Crippen molar-refractivity contribution in [3.8, 4) is 0 Å². The summed E-state index contributed by atoms with van der Waals surface area (Å²) < 4.78 is 23.1. The fourth-order valence-electron chi connectivity index (χ4n) is 1.64. The van der Waals surface area contributed by atoms with Crippen LogP contribution in [0.3, 0.4) is 0 Å². The molecule has 0 saturated carbocycles. The molecule has 0 bridgehead atoms. The molecule has 7 heteroatoms. The lowest BCUT2D eigenvalue weighted by atomic mass is 10.1. The van der Waals surface area contributed by atoms with Crippen LogP contribution in [0.4, 0.5) is 0 Å². The van der Waals surface area contributed by atoms with Crippen molar-refractivity contribution in [3.05, 3.63) is 28.8 Å². The van der Waals surface area contributed by atoms with E-state index in [1.54, 1.807) is 19.9 Å². The van der Waals surface area contributed by atoms with E-state index in [1.807, 2.05) is 0 Å². The van der Waals surface area contributed by atoms with Crippen LogP contribution in [0.1, 0.15) is 21.5 Å². The number of benzene rings is 1. The van der Waals surface area contributed by atoms with Gasteiger partial charge in [-0.3, -0.25) is 4.79 Å². The second-order valence-electron chi connectivity index (χ2n) is 4.05. The molecule has 0 radical (unpaired) electrons. The van der Waals surface area contributed by atoms with Gasteiger partial charge in [0.15, 0.2) is 15.8 Å². The van der Waals surface area contributed by atoms with Crippen molar-refractivity contribution in [1.29, 1.82) is 0 Å². The second kappa shape index (κ2) is 4.77. The van der Waals surface area contributed by atoms with Gasteiger partial charge in [0.25, 0.3) is 5.91 Å². The predicted octanol–water partition coefficient (Wildman–Crippen LogP) is 0.121. The Labute approximate surface area is 106 Å². The summed E-state index contributed by atoms with van der Waals surface area (Å²) >= 11 is 0. The van der Waals surface area contributed by atoms with E-state index in [1.165, 1.54) is 6.07 Å². The molecule has 0 aromatic heterocycles. The number of aryl methyl sites for hydroxylation is 2. The first-order valence-electron chi connectivity index (χ1n) is 5.08. The van der Waals surface area contributed by atoms with Crippen LogP contribution in [-0.2, 0) is 9.84 Å². The third-order valence-electron chi connectivity index (χ3n) is 2.38. The normalized spacial score (nSPS) is 11.1. The van der Waals surface area contributed by atoms with Crippen molar-refractivity contribution < 1.29 is 13.2 Å². The van der Waals surface area contributed by atoms with Crippen LogP contribution in [0.5, 0.6) is 0 Å². The minimum Gasteiger partial charge on any atom is -0.370 e. The number of amides is 1. The van der Waals surface area contributed by atoms with Crippen LogP contribution in [0.25, 0.3) is 0 Å². The van der Waals surface area contributed by atoms with Gasteiger partial charge in [-0.1, -0.05) is 6.07 Å². The van der Waals surface area contributed by atoms with E-state index in [0.717, 1.165) is 6.26 Å². The van der Waals surface area contributed by atoms with Gasteiger partial charge in [-0.05, 0) is 31.0 Å². The average molecular weight is 269 g/mol. The molecule has 0 saturated heterocycles. The molecule has 1 aromatic rings. The number of carbonyl (C=O) groups excluding carboxylic acids is 1. The number of sulfone groups is 1. The van der Waals surface area contributed by atoms with Crippen molar-refractivity contribution >= 4 is 21.7 Å². The zero-order valence-electron chi connectivity index (χ0n) is 10.4. The highest BCUT2D eigenvalue weighted by Gasteiger charge is 2.17. The van der Waals surface area contributed by atoms with Gasteiger partial charge in [-0.15, -0.1) is 0 Å². The molecule has 6 nitrogen and oxygen atoms in total. The molecule has 1 aromatic carbocycles. The molecule has 0 aliphatic heterocycles. The Bertz CT molecular complexity index is 629. The first-order valence-corrected chi connectivity index (χ1v) is 6.97. The molecule has 0 atom stereocenters. The lowest BCUT2D eigenvalue weighted by Crippen LogP contribution is -2.24. The van der Waals surface area contributed by atoms with Gasteiger partial charge in [-0.25, -0.2) is 8.42 Å². The maximum Gasteiger partial charge on any atom is 0.280 e. The molecular formula is C11H15N3O3S. The lowest BCUT2D eigenvalue weighted by molar-refractivity contribution is 0.100. The monoisotopic (exact) mass is 269 g/mol. The summed E-state index contributed by atoms with van der Waals surface area (Å²) in [5.41, 5.74) is 11.6. The number of carbonyl (C=O) groups is 1. The Hall–Kier alpha value is -1.89. The average Bonchev–Trinajstić information content (AvgIpc) is 2.13. The standard InChI is InChI=1S/C11H15N3O3S/c1-6-4-7(2)9(18(3,16)17)5-8(6)10(15)14-11(12)13/h4-5H,1-3H3,(H4,12,13,14,15). The summed E-state index contributed by atoms with van der Waals surface area (Å²) in [5, 5.41) is 0. The number of nitrogens with zero attached hydrogens (tertiary/aromatic N) is 1. The van der Waals surface area contributed by atoms with Crippen molar-refractivity contribution in [3.63, 3.8) is 0 Å². The topological polar surface area (TPSA) is 116 Å². The Morgan fingerprint density at radius 3 is 2.17 bits per heavy atom. The third-order valence-corrected chi connectivity index (χ3v) is 3.62. The van der Waals surface area contributed by atoms with E-state index in [0.29, 0.717) is 11.1 Å². The summed E-state index contributed by atoms with van der Waals surface area (Å²) in [5.74, 6) is -1.02. The Morgan fingerprint density at radius 2 is 1.72 bits per heavy atom. The largest absolute Gasteiger partial charge is 0.370 e. The SMILES string of the molecule is Cc1cc(C)c(S(C)(=O)=O)cc1C(=O)N=C(N)N. The molecule has 0 spiro atoms. The number of hydrogen-bond donors (Lipinski definition) is 2. The van der Waals surface area contributed by atoms with E-state index in [-0.39, 0.29) is 16.4 Å². The molecule has 4 N–H and O–H groups in total. The molecule has 0 unspecified atom stereocenters. The van der Waals surface area contributed by atoms with E-state index in [2.05, 4.69) is 4.99 Å². The number of guanidine groups is 1. The minimum atomic E-state index is -3.40. The van der Waals surface area contributed by atoms with Crippen LogP contribution < -0.4 is 11.5 Å². The molecule has 0 heterocycles. The zero-order chi connectivity index (χ0) is 14.1. The summed E-state index contributed by atoms with van der Waals surface area (Å²) in [6.07, 6.45) is 1.08. The Balaban J connectivity index is 3.49. The summed E-state index contributed by atoms with van der Waals surface area (Å²) in [4.78, 5) is 15.2. The van der Waals surface area contributed by atoms with Crippen LogP contribution >= 0.6 is 0 Å². The fraction of sp³-hybridized carbons (Fsp3) is 0.273. The molecule has 1 rings (SSSR count). The summed E-state index contributed by atoms with van der Waals surface area (Å²) in [6.45, 7) is 3.35. The number of aliphatic imine (C=N–C) groups is 1. The van der Waals surface area contributed by atoms with Gasteiger partial charge in [0.1, 0.15) is 0 Å². The van der Waals surface area contributed by atoms with E-state index in [9.17, 15) is 13.2 Å². The highest BCUT2D eigenvalue weighted by Crippen LogP contribution is 2.21. The van der Waals surface area contributed by atoms with Gasteiger partial charge < -0.3 is 11.5 Å². The quantitative estimate of drug-likeness (QED) is 0.584. The first-order chi connectivity index (χ1) is 8.12. The van der Waals surface area contributed by atoms with Crippen LogP contribution in [0.2, 0.25) is 0 Å². The zero-order valence-corrected chi connectivity index (χ0v) is 11.2. The van der Waals surface area contributed by atoms with Gasteiger partial charge in [0.2, 0.25) is 0 Å².